The van der Waals surface area contributed by atoms with Crippen LogP contribution in [0.4, 0.5) is 4.79 Å². The lowest BCUT2D eigenvalue weighted by Gasteiger charge is -2.28. The van der Waals surface area contributed by atoms with Gasteiger partial charge >= 0.3 is 6.03 Å². The number of rotatable bonds is 5. The molecule has 1 aliphatic rings. The first-order valence-corrected chi connectivity index (χ1v) is 7.87. The van der Waals surface area contributed by atoms with Crippen LogP contribution in [0.5, 0.6) is 11.5 Å². The van der Waals surface area contributed by atoms with E-state index in [0.29, 0.717) is 19.8 Å². The van der Waals surface area contributed by atoms with Gasteiger partial charge in [0, 0.05) is 18.0 Å². The third-order valence-electron chi connectivity index (χ3n) is 4.00. The maximum atomic E-state index is 11.9. The Morgan fingerprint density at radius 3 is 2.64 bits per heavy atom. The molecule has 5 nitrogen and oxygen atoms in total. The zero-order chi connectivity index (χ0) is 16.2. The molecular formula is C17H26N2O3. The summed E-state index contributed by atoms with van der Waals surface area (Å²) in [6.45, 7) is 9.95. The third kappa shape index (κ3) is 4.06. The molecule has 2 N–H and O–H groups in total. The van der Waals surface area contributed by atoms with Gasteiger partial charge in [-0.2, -0.15) is 0 Å². The van der Waals surface area contributed by atoms with Gasteiger partial charge in [0.1, 0.15) is 13.2 Å². The summed E-state index contributed by atoms with van der Waals surface area (Å²) in [7, 11) is 0. The SMILES string of the molecule is CCC(C)NC(=O)NCC(C)(C)c1ccc2c(c1)OCCO2. The van der Waals surface area contributed by atoms with Crippen LogP contribution in [0.1, 0.15) is 39.7 Å². The third-order valence-corrected chi connectivity index (χ3v) is 4.00. The highest BCUT2D eigenvalue weighted by Crippen LogP contribution is 2.34. The first-order chi connectivity index (χ1) is 10.4. The summed E-state index contributed by atoms with van der Waals surface area (Å²) in [5, 5.41) is 5.85. The van der Waals surface area contributed by atoms with Gasteiger partial charge in [-0.25, -0.2) is 4.79 Å². The van der Waals surface area contributed by atoms with Crippen molar-refractivity contribution in [3.63, 3.8) is 0 Å². The zero-order valence-corrected chi connectivity index (χ0v) is 13.9. The number of carbonyl (C=O) groups is 1. The lowest BCUT2D eigenvalue weighted by atomic mass is 9.84. The minimum absolute atomic E-state index is 0.125. The molecule has 5 heteroatoms. The van der Waals surface area contributed by atoms with Gasteiger partial charge in [0.25, 0.3) is 0 Å². The molecule has 1 aliphatic heterocycles. The van der Waals surface area contributed by atoms with Crippen LogP contribution in [0.3, 0.4) is 0 Å². The molecule has 0 saturated carbocycles. The minimum Gasteiger partial charge on any atom is -0.486 e. The van der Waals surface area contributed by atoms with Crippen LogP contribution >= 0.6 is 0 Å². The van der Waals surface area contributed by atoms with Crippen molar-refractivity contribution < 1.29 is 14.3 Å². The second-order valence-electron chi connectivity index (χ2n) is 6.38. The molecule has 1 aromatic rings. The van der Waals surface area contributed by atoms with Crippen LogP contribution < -0.4 is 20.1 Å². The van der Waals surface area contributed by atoms with Crippen LogP contribution in [-0.2, 0) is 5.41 Å². The van der Waals surface area contributed by atoms with Gasteiger partial charge in [0.05, 0.1) is 0 Å². The van der Waals surface area contributed by atoms with Gasteiger partial charge in [-0.05, 0) is 31.0 Å². The Labute approximate surface area is 132 Å². The Morgan fingerprint density at radius 1 is 1.27 bits per heavy atom. The molecule has 0 spiro atoms. The average molecular weight is 306 g/mol. The zero-order valence-electron chi connectivity index (χ0n) is 13.9. The van der Waals surface area contributed by atoms with Crippen molar-refractivity contribution in [2.45, 2.75) is 45.6 Å². The molecule has 0 aliphatic carbocycles. The number of ether oxygens (including phenoxy) is 2. The maximum absolute atomic E-state index is 11.9. The molecule has 2 amide bonds. The van der Waals surface area contributed by atoms with E-state index < -0.39 is 0 Å². The van der Waals surface area contributed by atoms with Gasteiger partial charge < -0.3 is 20.1 Å². The minimum atomic E-state index is -0.192. The van der Waals surface area contributed by atoms with Crippen molar-refractivity contribution in [3.05, 3.63) is 23.8 Å². The molecular weight excluding hydrogens is 280 g/mol. The van der Waals surface area contributed by atoms with E-state index in [4.69, 9.17) is 9.47 Å². The number of carbonyl (C=O) groups excluding carboxylic acids is 1. The van der Waals surface area contributed by atoms with E-state index in [1.165, 1.54) is 0 Å². The van der Waals surface area contributed by atoms with Crippen LogP contribution in [-0.4, -0.2) is 31.8 Å². The molecule has 22 heavy (non-hydrogen) atoms. The predicted octanol–water partition coefficient (Wildman–Crippen LogP) is 2.83. The molecule has 122 valence electrons. The molecule has 0 radical (unpaired) electrons. The van der Waals surface area contributed by atoms with Gasteiger partial charge in [-0.15, -0.1) is 0 Å². The van der Waals surface area contributed by atoms with E-state index in [-0.39, 0.29) is 17.5 Å². The topological polar surface area (TPSA) is 59.6 Å². The van der Waals surface area contributed by atoms with Crippen molar-refractivity contribution in [1.29, 1.82) is 0 Å². The lowest BCUT2D eigenvalue weighted by molar-refractivity contribution is 0.171. The molecule has 0 saturated heterocycles. The molecule has 1 atom stereocenters. The van der Waals surface area contributed by atoms with E-state index in [9.17, 15) is 4.79 Å². The summed E-state index contributed by atoms with van der Waals surface area (Å²) in [5.74, 6) is 1.56. The summed E-state index contributed by atoms with van der Waals surface area (Å²) >= 11 is 0. The number of hydrogen-bond acceptors (Lipinski definition) is 3. The van der Waals surface area contributed by atoms with Crippen molar-refractivity contribution in [3.8, 4) is 11.5 Å². The largest absolute Gasteiger partial charge is 0.486 e. The van der Waals surface area contributed by atoms with Crippen molar-refractivity contribution in [2.24, 2.45) is 0 Å². The Morgan fingerprint density at radius 2 is 1.95 bits per heavy atom. The van der Waals surface area contributed by atoms with Gasteiger partial charge in [0.15, 0.2) is 11.5 Å². The average Bonchev–Trinajstić information content (AvgIpc) is 2.52. The van der Waals surface area contributed by atoms with E-state index >= 15 is 0 Å². The lowest BCUT2D eigenvalue weighted by Crippen LogP contribution is -2.45. The molecule has 2 rings (SSSR count). The van der Waals surface area contributed by atoms with Crippen molar-refractivity contribution in [2.75, 3.05) is 19.8 Å². The summed E-state index contributed by atoms with van der Waals surface area (Å²) in [6, 6.07) is 6.02. The summed E-state index contributed by atoms with van der Waals surface area (Å²) < 4.78 is 11.2. The van der Waals surface area contributed by atoms with Gasteiger partial charge in [0.2, 0.25) is 0 Å². The molecule has 1 unspecified atom stereocenters. The van der Waals surface area contributed by atoms with Gasteiger partial charge in [-0.3, -0.25) is 0 Å². The quantitative estimate of drug-likeness (QED) is 0.879. The Kier molecular flexibility index (Phi) is 5.16. The number of benzene rings is 1. The number of fused-ring (bicyclic) bond motifs is 1. The highest BCUT2D eigenvalue weighted by Gasteiger charge is 2.24. The number of urea groups is 1. The van der Waals surface area contributed by atoms with Crippen molar-refractivity contribution in [1.82, 2.24) is 10.6 Å². The molecule has 0 fully saturated rings. The normalized spacial score (nSPS) is 15.1. The highest BCUT2D eigenvalue weighted by atomic mass is 16.6. The van der Waals surface area contributed by atoms with Gasteiger partial charge in [-0.1, -0.05) is 26.8 Å². The molecule has 1 heterocycles. The maximum Gasteiger partial charge on any atom is 0.315 e. The summed E-state index contributed by atoms with van der Waals surface area (Å²) in [4.78, 5) is 11.9. The van der Waals surface area contributed by atoms with E-state index in [2.05, 4.69) is 24.5 Å². The Balaban J connectivity index is 1.99. The fourth-order valence-corrected chi connectivity index (χ4v) is 2.24. The van der Waals surface area contributed by atoms with Crippen molar-refractivity contribution >= 4 is 6.03 Å². The number of amides is 2. The molecule has 0 bridgehead atoms. The Bertz CT molecular complexity index is 529. The molecule has 0 aromatic heterocycles. The van der Waals surface area contributed by atoms with E-state index in [1.54, 1.807) is 0 Å². The van der Waals surface area contributed by atoms with E-state index in [0.717, 1.165) is 23.5 Å². The smallest absolute Gasteiger partial charge is 0.315 e. The second-order valence-corrected chi connectivity index (χ2v) is 6.38. The fraction of sp³-hybridized carbons (Fsp3) is 0.588. The molecule has 1 aromatic carbocycles. The first kappa shape index (κ1) is 16.5. The fourth-order valence-electron chi connectivity index (χ4n) is 2.24. The summed E-state index contributed by atoms with van der Waals surface area (Å²) in [5.41, 5.74) is 0.920. The Hall–Kier alpha value is -1.91. The van der Waals surface area contributed by atoms with Crippen LogP contribution in [0.15, 0.2) is 18.2 Å². The first-order valence-electron chi connectivity index (χ1n) is 7.87. The summed E-state index contributed by atoms with van der Waals surface area (Å²) in [6.07, 6.45) is 0.916. The standard InChI is InChI=1S/C17H26N2O3/c1-5-12(2)19-16(20)18-11-17(3,4)13-6-7-14-15(10-13)22-9-8-21-14/h6-7,10,12H,5,8-9,11H2,1-4H3,(H2,18,19,20). The number of hydrogen-bond donors (Lipinski definition) is 2. The predicted molar refractivity (Wildman–Crippen MR) is 86.7 cm³/mol. The highest BCUT2D eigenvalue weighted by molar-refractivity contribution is 5.74. The number of nitrogens with one attached hydrogen (secondary N) is 2. The van der Waals surface area contributed by atoms with Crippen LogP contribution in [0.25, 0.3) is 0 Å². The van der Waals surface area contributed by atoms with Crippen LogP contribution in [0, 0.1) is 0 Å². The monoisotopic (exact) mass is 306 g/mol. The van der Waals surface area contributed by atoms with E-state index in [1.807, 2.05) is 32.0 Å². The second kappa shape index (κ2) is 6.90. The van der Waals surface area contributed by atoms with Crippen LogP contribution in [0.2, 0.25) is 0 Å².